The zero-order chi connectivity index (χ0) is 16.9. The van der Waals surface area contributed by atoms with Crippen LogP contribution in [0.5, 0.6) is 0 Å². The minimum Gasteiger partial charge on any atom is -0.352 e. The molecule has 0 aliphatic rings. The molecule has 3 nitrogen and oxygen atoms in total. The van der Waals surface area contributed by atoms with Crippen molar-refractivity contribution in [1.29, 1.82) is 0 Å². The van der Waals surface area contributed by atoms with Crippen molar-refractivity contribution in [2.75, 3.05) is 0 Å². The standard InChI is InChI=1S/C18H14ClFN2OS/c19-16-4-2-1-3-15(16)18-22-14(11-24-18)9-17(23)21-10-12-5-7-13(20)8-6-12/h1-8,11H,9-10H2,(H,21,23). The second-order valence-corrected chi connectivity index (χ2v) is 6.47. The van der Waals surface area contributed by atoms with Gasteiger partial charge in [-0.1, -0.05) is 41.9 Å². The number of rotatable bonds is 5. The van der Waals surface area contributed by atoms with Gasteiger partial charge in [-0.05, 0) is 23.8 Å². The topological polar surface area (TPSA) is 42.0 Å². The summed E-state index contributed by atoms with van der Waals surface area (Å²) in [6.07, 6.45) is 0.197. The second-order valence-electron chi connectivity index (χ2n) is 5.20. The van der Waals surface area contributed by atoms with Crippen molar-refractivity contribution in [1.82, 2.24) is 10.3 Å². The fourth-order valence-electron chi connectivity index (χ4n) is 2.18. The number of aromatic nitrogens is 1. The Labute approximate surface area is 148 Å². The number of carbonyl (C=O) groups excluding carboxylic acids is 1. The number of nitrogens with one attached hydrogen (secondary N) is 1. The Kier molecular flexibility index (Phi) is 5.23. The first-order valence-corrected chi connectivity index (χ1v) is 8.58. The first-order chi connectivity index (χ1) is 11.6. The van der Waals surface area contributed by atoms with E-state index in [9.17, 15) is 9.18 Å². The summed E-state index contributed by atoms with van der Waals surface area (Å²) in [5, 5.41) is 6.09. The lowest BCUT2D eigenvalue weighted by Crippen LogP contribution is -2.24. The lowest BCUT2D eigenvalue weighted by molar-refractivity contribution is -0.120. The average molecular weight is 361 g/mol. The van der Waals surface area contributed by atoms with Crippen molar-refractivity contribution in [2.24, 2.45) is 0 Å². The fraction of sp³-hybridized carbons (Fsp3) is 0.111. The Morgan fingerprint density at radius 1 is 1.17 bits per heavy atom. The van der Waals surface area contributed by atoms with Crippen molar-refractivity contribution in [3.63, 3.8) is 0 Å². The van der Waals surface area contributed by atoms with E-state index in [1.54, 1.807) is 12.1 Å². The van der Waals surface area contributed by atoms with E-state index in [0.29, 0.717) is 17.3 Å². The number of nitrogens with zero attached hydrogens (tertiary/aromatic N) is 1. The molecule has 1 heterocycles. The van der Waals surface area contributed by atoms with E-state index in [-0.39, 0.29) is 18.1 Å². The first kappa shape index (κ1) is 16.6. The minimum atomic E-state index is -0.292. The van der Waals surface area contributed by atoms with Gasteiger partial charge in [0.15, 0.2) is 0 Å². The molecule has 0 bridgehead atoms. The van der Waals surface area contributed by atoms with Crippen LogP contribution in [-0.2, 0) is 17.8 Å². The van der Waals surface area contributed by atoms with Gasteiger partial charge in [-0.15, -0.1) is 11.3 Å². The number of halogens is 2. The fourth-order valence-corrected chi connectivity index (χ4v) is 3.32. The molecule has 0 radical (unpaired) electrons. The van der Waals surface area contributed by atoms with Gasteiger partial charge in [0.2, 0.25) is 5.91 Å². The monoisotopic (exact) mass is 360 g/mol. The van der Waals surface area contributed by atoms with Crippen LogP contribution >= 0.6 is 22.9 Å². The Morgan fingerprint density at radius 2 is 1.92 bits per heavy atom. The molecule has 0 spiro atoms. The van der Waals surface area contributed by atoms with E-state index in [2.05, 4.69) is 10.3 Å². The van der Waals surface area contributed by atoms with Crippen LogP contribution in [0, 0.1) is 5.82 Å². The number of amides is 1. The Hall–Kier alpha value is -2.24. The van der Waals surface area contributed by atoms with Crippen LogP contribution in [0.2, 0.25) is 5.02 Å². The SMILES string of the molecule is O=C(Cc1csc(-c2ccccc2Cl)n1)NCc1ccc(F)cc1. The Balaban J connectivity index is 1.59. The van der Waals surface area contributed by atoms with Gasteiger partial charge in [0.05, 0.1) is 17.1 Å². The predicted molar refractivity (Wildman–Crippen MR) is 94.5 cm³/mol. The molecular weight excluding hydrogens is 347 g/mol. The molecule has 0 saturated carbocycles. The summed E-state index contributed by atoms with van der Waals surface area (Å²) >= 11 is 7.62. The smallest absolute Gasteiger partial charge is 0.226 e. The summed E-state index contributed by atoms with van der Waals surface area (Å²) in [5.41, 5.74) is 2.41. The van der Waals surface area contributed by atoms with Gasteiger partial charge < -0.3 is 5.32 Å². The molecular formula is C18H14ClFN2OS. The van der Waals surface area contributed by atoms with E-state index in [4.69, 9.17) is 11.6 Å². The quantitative estimate of drug-likeness (QED) is 0.729. The van der Waals surface area contributed by atoms with Crippen LogP contribution in [0.15, 0.2) is 53.9 Å². The van der Waals surface area contributed by atoms with Crippen LogP contribution < -0.4 is 5.32 Å². The van der Waals surface area contributed by atoms with Gasteiger partial charge in [-0.25, -0.2) is 9.37 Å². The Bertz CT molecular complexity index is 848. The highest BCUT2D eigenvalue weighted by Gasteiger charge is 2.11. The largest absolute Gasteiger partial charge is 0.352 e. The maximum Gasteiger partial charge on any atom is 0.226 e. The zero-order valence-corrected chi connectivity index (χ0v) is 14.2. The van der Waals surface area contributed by atoms with Gasteiger partial charge in [-0.3, -0.25) is 4.79 Å². The molecule has 1 amide bonds. The van der Waals surface area contributed by atoms with Gasteiger partial charge in [0.25, 0.3) is 0 Å². The maximum absolute atomic E-state index is 12.8. The molecule has 1 N–H and O–H groups in total. The van der Waals surface area contributed by atoms with Crippen LogP contribution in [0.3, 0.4) is 0 Å². The van der Waals surface area contributed by atoms with Gasteiger partial charge in [0.1, 0.15) is 10.8 Å². The van der Waals surface area contributed by atoms with Crippen LogP contribution in [0.4, 0.5) is 4.39 Å². The minimum absolute atomic E-state index is 0.129. The summed E-state index contributed by atoms with van der Waals surface area (Å²) in [6, 6.07) is 13.5. The number of benzene rings is 2. The lowest BCUT2D eigenvalue weighted by atomic mass is 10.2. The highest BCUT2D eigenvalue weighted by Crippen LogP contribution is 2.30. The molecule has 0 saturated heterocycles. The third kappa shape index (κ3) is 4.19. The van der Waals surface area contributed by atoms with Crippen molar-refractivity contribution >= 4 is 28.8 Å². The van der Waals surface area contributed by atoms with E-state index in [1.165, 1.54) is 23.5 Å². The van der Waals surface area contributed by atoms with Crippen molar-refractivity contribution < 1.29 is 9.18 Å². The molecule has 3 aromatic rings. The normalized spacial score (nSPS) is 10.6. The number of carbonyl (C=O) groups is 1. The van der Waals surface area contributed by atoms with E-state index < -0.39 is 0 Å². The number of hydrogen-bond acceptors (Lipinski definition) is 3. The summed E-state index contributed by atoms with van der Waals surface area (Å²) in [7, 11) is 0. The lowest BCUT2D eigenvalue weighted by Gasteiger charge is -2.04. The van der Waals surface area contributed by atoms with Gasteiger partial charge in [-0.2, -0.15) is 0 Å². The van der Waals surface area contributed by atoms with E-state index in [0.717, 1.165) is 16.1 Å². The molecule has 0 unspecified atom stereocenters. The molecule has 0 aliphatic heterocycles. The third-order valence-corrected chi connectivity index (χ3v) is 4.65. The molecule has 0 aliphatic carbocycles. The van der Waals surface area contributed by atoms with Crippen molar-refractivity contribution in [2.45, 2.75) is 13.0 Å². The van der Waals surface area contributed by atoms with E-state index >= 15 is 0 Å². The highest BCUT2D eigenvalue weighted by atomic mass is 35.5. The predicted octanol–water partition coefficient (Wildman–Crippen LogP) is 4.46. The van der Waals surface area contributed by atoms with Crippen LogP contribution in [0.1, 0.15) is 11.3 Å². The molecule has 2 aromatic carbocycles. The van der Waals surface area contributed by atoms with Crippen molar-refractivity contribution in [3.05, 3.63) is 76.0 Å². The number of thiazole rings is 1. The first-order valence-electron chi connectivity index (χ1n) is 7.32. The maximum atomic E-state index is 12.8. The third-order valence-electron chi connectivity index (χ3n) is 3.40. The number of hydrogen-bond donors (Lipinski definition) is 1. The molecule has 0 atom stereocenters. The summed E-state index contributed by atoms with van der Waals surface area (Å²) in [5.74, 6) is -0.421. The molecule has 1 aromatic heterocycles. The Morgan fingerprint density at radius 3 is 2.67 bits per heavy atom. The average Bonchev–Trinajstić information content (AvgIpc) is 3.03. The molecule has 6 heteroatoms. The second kappa shape index (κ2) is 7.55. The van der Waals surface area contributed by atoms with Gasteiger partial charge in [0, 0.05) is 17.5 Å². The van der Waals surface area contributed by atoms with Gasteiger partial charge >= 0.3 is 0 Å². The molecule has 0 fully saturated rings. The molecule has 24 heavy (non-hydrogen) atoms. The van der Waals surface area contributed by atoms with Crippen LogP contribution in [-0.4, -0.2) is 10.9 Å². The summed E-state index contributed by atoms with van der Waals surface area (Å²) in [6.45, 7) is 0.362. The molecule has 3 rings (SSSR count). The summed E-state index contributed by atoms with van der Waals surface area (Å²) < 4.78 is 12.8. The van der Waals surface area contributed by atoms with Crippen LogP contribution in [0.25, 0.3) is 10.6 Å². The molecule has 122 valence electrons. The zero-order valence-electron chi connectivity index (χ0n) is 12.6. The highest BCUT2D eigenvalue weighted by molar-refractivity contribution is 7.13. The van der Waals surface area contributed by atoms with Crippen molar-refractivity contribution in [3.8, 4) is 10.6 Å². The summed E-state index contributed by atoms with van der Waals surface area (Å²) in [4.78, 5) is 16.5. The van der Waals surface area contributed by atoms with E-state index in [1.807, 2.05) is 29.6 Å².